The summed E-state index contributed by atoms with van der Waals surface area (Å²) in [6.07, 6.45) is 0.554. The Hall–Kier alpha value is -3.95. The maximum atomic E-state index is 12.7. The minimum atomic E-state index is -0.372. The maximum Gasteiger partial charge on any atom is 0.257 e. The van der Waals surface area contributed by atoms with E-state index >= 15 is 0 Å². The van der Waals surface area contributed by atoms with Gasteiger partial charge in [0, 0.05) is 17.9 Å². The number of hydrogen-bond acceptors (Lipinski definition) is 4. The molecular formula is C23H19N3O3. The molecule has 0 aromatic heterocycles. The van der Waals surface area contributed by atoms with Crippen molar-refractivity contribution in [2.24, 2.45) is 0 Å². The lowest BCUT2D eigenvalue weighted by atomic mass is 10.1. The van der Waals surface area contributed by atoms with Crippen LogP contribution in [0.5, 0.6) is 0 Å². The summed E-state index contributed by atoms with van der Waals surface area (Å²) < 4.78 is 0. The second-order valence-electron chi connectivity index (χ2n) is 6.31. The zero-order chi connectivity index (χ0) is 20.6. The zero-order valence-electron chi connectivity index (χ0n) is 15.6. The average molecular weight is 385 g/mol. The van der Waals surface area contributed by atoms with Gasteiger partial charge in [-0.2, -0.15) is 5.26 Å². The van der Waals surface area contributed by atoms with Crippen LogP contribution in [0.25, 0.3) is 0 Å². The third kappa shape index (κ3) is 5.06. The van der Waals surface area contributed by atoms with E-state index in [2.05, 4.69) is 10.6 Å². The van der Waals surface area contributed by atoms with Crippen LogP contribution in [-0.2, 0) is 6.42 Å². The number of carbonyl (C=O) groups is 2. The molecule has 0 aliphatic carbocycles. The molecule has 29 heavy (non-hydrogen) atoms. The molecule has 0 bridgehead atoms. The number of aliphatic hydroxyl groups excluding tert-OH is 1. The molecule has 3 rings (SSSR count). The van der Waals surface area contributed by atoms with Crippen molar-refractivity contribution >= 4 is 23.2 Å². The van der Waals surface area contributed by atoms with E-state index in [-0.39, 0.29) is 18.4 Å². The molecule has 0 fully saturated rings. The number of amides is 2. The lowest BCUT2D eigenvalue weighted by molar-refractivity contribution is 0.102. The summed E-state index contributed by atoms with van der Waals surface area (Å²) in [6, 6.07) is 22.2. The predicted octanol–water partition coefficient (Wildman–Crippen LogP) is 3.60. The fourth-order valence-corrected chi connectivity index (χ4v) is 2.76. The summed E-state index contributed by atoms with van der Waals surface area (Å²) in [5.74, 6) is -0.723. The predicted molar refractivity (Wildman–Crippen MR) is 111 cm³/mol. The first-order valence-electron chi connectivity index (χ1n) is 9.02. The molecule has 6 nitrogen and oxygen atoms in total. The van der Waals surface area contributed by atoms with Crippen LogP contribution in [0.2, 0.25) is 0 Å². The largest absolute Gasteiger partial charge is 0.396 e. The molecule has 3 aromatic carbocycles. The zero-order valence-corrected chi connectivity index (χ0v) is 15.6. The summed E-state index contributed by atoms with van der Waals surface area (Å²) in [7, 11) is 0. The number of anilines is 2. The molecule has 0 saturated carbocycles. The van der Waals surface area contributed by atoms with Crippen LogP contribution in [0.4, 0.5) is 11.4 Å². The Kier molecular flexibility index (Phi) is 6.36. The monoisotopic (exact) mass is 385 g/mol. The molecule has 0 unspecified atom stereocenters. The minimum absolute atomic E-state index is 0.0675. The van der Waals surface area contributed by atoms with Crippen molar-refractivity contribution in [3.8, 4) is 6.07 Å². The number of hydrogen-bond donors (Lipinski definition) is 3. The quantitative estimate of drug-likeness (QED) is 0.603. The molecule has 0 radical (unpaired) electrons. The fraction of sp³-hybridized carbons (Fsp3) is 0.0870. The number of rotatable bonds is 6. The Labute approximate surface area is 168 Å². The summed E-state index contributed by atoms with van der Waals surface area (Å²) >= 11 is 0. The van der Waals surface area contributed by atoms with E-state index in [0.29, 0.717) is 34.5 Å². The molecular weight excluding hydrogens is 366 g/mol. The van der Waals surface area contributed by atoms with Gasteiger partial charge in [-0.3, -0.25) is 9.59 Å². The minimum Gasteiger partial charge on any atom is -0.396 e. The molecule has 3 aromatic rings. The van der Waals surface area contributed by atoms with Gasteiger partial charge in [-0.25, -0.2) is 0 Å². The van der Waals surface area contributed by atoms with E-state index in [0.717, 1.165) is 5.56 Å². The van der Waals surface area contributed by atoms with E-state index in [1.165, 1.54) is 0 Å². The van der Waals surface area contributed by atoms with Crippen LogP contribution in [0.3, 0.4) is 0 Å². The molecule has 0 heterocycles. The van der Waals surface area contributed by atoms with Crippen LogP contribution in [0.1, 0.15) is 31.8 Å². The molecule has 2 amide bonds. The van der Waals surface area contributed by atoms with Crippen LogP contribution in [0.15, 0.2) is 72.8 Å². The number of aliphatic hydroxyl groups is 1. The first kappa shape index (κ1) is 19.8. The van der Waals surface area contributed by atoms with Crippen molar-refractivity contribution in [2.75, 3.05) is 17.2 Å². The summed E-state index contributed by atoms with van der Waals surface area (Å²) in [5, 5.41) is 23.4. The van der Waals surface area contributed by atoms with Gasteiger partial charge in [-0.15, -0.1) is 0 Å². The highest BCUT2D eigenvalue weighted by Gasteiger charge is 2.14. The molecule has 3 N–H and O–H groups in total. The van der Waals surface area contributed by atoms with Crippen molar-refractivity contribution in [3.63, 3.8) is 0 Å². The Morgan fingerprint density at radius 1 is 0.862 bits per heavy atom. The van der Waals surface area contributed by atoms with Crippen molar-refractivity contribution < 1.29 is 14.7 Å². The van der Waals surface area contributed by atoms with E-state index < -0.39 is 0 Å². The molecule has 6 heteroatoms. The van der Waals surface area contributed by atoms with Crippen molar-refractivity contribution in [1.29, 1.82) is 5.26 Å². The Morgan fingerprint density at radius 3 is 2.21 bits per heavy atom. The average Bonchev–Trinajstić information content (AvgIpc) is 2.75. The third-order valence-corrected chi connectivity index (χ3v) is 4.31. The van der Waals surface area contributed by atoms with Gasteiger partial charge < -0.3 is 15.7 Å². The van der Waals surface area contributed by atoms with E-state index in [4.69, 9.17) is 10.4 Å². The lowest BCUT2D eigenvalue weighted by Gasteiger charge is -2.12. The van der Waals surface area contributed by atoms with Gasteiger partial charge in [0.25, 0.3) is 11.8 Å². The molecule has 0 spiro atoms. The summed E-state index contributed by atoms with van der Waals surface area (Å²) in [5.41, 5.74) is 3.15. The Bertz CT molecular complexity index is 1050. The van der Waals surface area contributed by atoms with Crippen LogP contribution < -0.4 is 10.6 Å². The number of para-hydroxylation sites is 1. The Balaban J connectivity index is 1.74. The Morgan fingerprint density at radius 2 is 1.55 bits per heavy atom. The van der Waals surface area contributed by atoms with Crippen LogP contribution >= 0.6 is 0 Å². The standard InChI is InChI=1S/C23H19N3O3/c24-15-17-5-9-18(10-6-17)22(28)26-21-4-2-1-3-20(21)23(29)25-19-11-7-16(8-12-19)13-14-27/h1-12,27H,13-14H2,(H,25,29)(H,26,28). The topological polar surface area (TPSA) is 102 Å². The number of nitrogens with zero attached hydrogens (tertiary/aromatic N) is 1. The van der Waals surface area contributed by atoms with E-state index in [1.54, 1.807) is 60.7 Å². The number of nitriles is 1. The highest BCUT2D eigenvalue weighted by molar-refractivity contribution is 6.12. The summed E-state index contributed by atoms with van der Waals surface area (Å²) in [6.45, 7) is 0.0675. The molecule has 0 saturated heterocycles. The smallest absolute Gasteiger partial charge is 0.257 e. The van der Waals surface area contributed by atoms with Crippen molar-refractivity contribution in [3.05, 3.63) is 95.1 Å². The number of benzene rings is 3. The second-order valence-corrected chi connectivity index (χ2v) is 6.31. The summed E-state index contributed by atoms with van der Waals surface area (Å²) in [4.78, 5) is 25.2. The van der Waals surface area contributed by atoms with Crippen molar-refractivity contribution in [1.82, 2.24) is 0 Å². The molecule has 0 atom stereocenters. The first-order chi connectivity index (χ1) is 14.1. The van der Waals surface area contributed by atoms with Crippen LogP contribution in [0, 0.1) is 11.3 Å². The van der Waals surface area contributed by atoms with Crippen molar-refractivity contribution in [2.45, 2.75) is 6.42 Å². The fourth-order valence-electron chi connectivity index (χ4n) is 2.76. The van der Waals surface area contributed by atoms with Crippen LogP contribution in [-0.4, -0.2) is 23.5 Å². The first-order valence-corrected chi connectivity index (χ1v) is 9.02. The van der Waals surface area contributed by atoms with Gasteiger partial charge in [0.2, 0.25) is 0 Å². The molecule has 0 aliphatic rings. The highest BCUT2D eigenvalue weighted by Crippen LogP contribution is 2.19. The SMILES string of the molecule is N#Cc1ccc(C(=O)Nc2ccccc2C(=O)Nc2ccc(CCO)cc2)cc1. The van der Waals surface area contributed by atoms with Gasteiger partial charge in [0.05, 0.1) is 22.9 Å². The van der Waals surface area contributed by atoms with Gasteiger partial charge in [0.1, 0.15) is 0 Å². The van der Waals surface area contributed by atoms with Gasteiger partial charge >= 0.3 is 0 Å². The third-order valence-electron chi connectivity index (χ3n) is 4.31. The lowest BCUT2D eigenvalue weighted by Crippen LogP contribution is -2.18. The number of carbonyl (C=O) groups excluding carboxylic acids is 2. The van der Waals surface area contributed by atoms with E-state index in [9.17, 15) is 9.59 Å². The normalized spacial score (nSPS) is 10.1. The van der Waals surface area contributed by atoms with Gasteiger partial charge in [-0.05, 0) is 60.5 Å². The highest BCUT2D eigenvalue weighted by atomic mass is 16.3. The molecule has 144 valence electrons. The molecule has 0 aliphatic heterocycles. The van der Waals surface area contributed by atoms with E-state index in [1.807, 2.05) is 18.2 Å². The van der Waals surface area contributed by atoms with Gasteiger partial charge in [0.15, 0.2) is 0 Å². The number of nitrogens with one attached hydrogen (secondary N) is 2. The second kappa shape index (κ2) is 9.31. The maximum absolute atomic E-state index is 12.7. The van der Waals surface area contributed by atoms with Gasteiger partial charge in [-0.1, -0.05) is 24.3 Å².